The van der Waals surface area contributed by atoms with Gasteiger partial charge in [-0.15, -0.1) is 0 Å². The molecular formula is C27H37Cl2N5O7S. The molecule has 15 heteroatoms. The summed E-state index contributed by atoms with van der Waals surface area (Å²) in [6.07, 6.45) is 3.94. The lowest BCUT2D eigenvalue weighted by Gasteiger charge is -2.32. The summed E-state index contributed by atoms with van der Waals surface area (Å²) in [5, 5.41) is 15.4. The highest BCUT2D eigenvalue weighted by Crippen LogP contribution is 2.30. The first-order chi connectivity index (χ1) is 20.0. The van der Waals surface area contributed by atoms with Gasteiger partial charge in [-0.3, -0.25) is 9.59 Å². The van der Waals surface area contributed by atoms with Gasteiger partial charge in [0, 0.05) is 55.7 Å². The van der Waals surface area contributed by atoms with Crippen LogP contribution in [0.15, 0.2) is 23.1 Å². The van der Waals surface area contributed by atoms with Crippen molar-refractivity contribution in [3.8, 4) is 0 Å². The molecule has 1 aromatic rings. The van der Waals surface area contributed by atoms with Crippen LogP contribution in [-0.2, 0) is 24.4 Å². The van der Waals surface area contributed by atoms with Crippen molar-refractivity contribution in [3.63, 3.8) is 0 Å². The summed E-state index contributed by atoms with van der Waals surface area (Å²) >= 11 is 12.0. The van der Waals surface area contributed by atoms with Crippen molar-refractivity contribution in [2.24, 2.45) is 5.92 Å². The molecule has 3 aliphatic rings. The molecule has 3 fully saturated rings. The number of carboxylic acid groups (broad SMARTS) is 1. The predicted molar refractivity (Wildman–Crippen MR) is 156 cm³/mol. The van der Waals surface area contributed by atoms with Gasteiger partial charge in [-0.25, -0.2) is 18.0 Å². The lowest BCUT2D eigenvalue weighted by molar-refractivity contribution is -0.143. The van der Waals surface area contributed by atoms with Crippen LogP contribution in [0.25, 0.3) is 0 Å². The van der Waals surface area contributed by atoms with E-state index in [0.717, 1.165) is 43.1 Å². The van der Waals surface area contributed by atoms with E-state index >= 15 is 0 Å². The SMILES string of the molecule is O=C(O)[C@H](CCC(=O)N1CCC(CNC(=O)N2CCCC2)CC1)NC(=O)[C@H]1CCCN1S(=O)(=O)c1cc(Cl)cc(Cl)c1. The minimum Gasteiger partial charge on any atom is -0.480 e. The number of sulfonamides is 1. The zero-order valence-electron chi connectivity index (χ0n) is 23.3. The maximum atomic E-state index is 13.3. The maximum absolute atomic E-state index is 13.3. The first-order valence-electron chi connectivity index (χ1n) is 14.3. The molecule has 3 aliphatic heterocycles. The molecule has 0 unspecified atom stereocenters. The Labute approximate surface area is 255 Å². The monoisotopic (exact) mass is 645 g/mol. The van der Waals surface area contributed by atoms with Crippen molar-refractivity contribution in [2.75, 3.05) is 39.3 Å². The molecule has 2 atom stereocenters. The number of carboxylic acids is 1. The number of hydrogen-bond donors (Lipinski definition) is 3. The zero-order chi connectivity index (χ0) is 30.4. The number of rotatable bonds is 10. The number of carbonyl (C=O) groups is 4. The number of piperidine rings is 1. The Kier molecular flexibility index (Phi) is 11.0. The minimum absolute atomic E-state index is 0.0417. The highest BCUT2D eigenvalue weighted by atomic mass is 35.5. The Morgan fingerprint density at radius 1 is 0.905 bits per heavy atom. The van der Waals surface area contributed by atoms with Crippen LogP contribution >= 0.6 is 23.2 Å². The van der Waals surface area contributed by atoms with E-state index < -0.39 is 34.0 Å². The molecule has 0 bridgehead atoms. The highest BCUT2D eigenvalue weighted by molar-refractivity contribution is 7.89. The molecule has 4 rings (SSSR count). The van der Waals surface area contributed by atoms with Gasteiger partial charge in [0.15, 0.2) is 0 Å². The number of likely N-dealkylation sites (tertiary alicyclic amines) is 2. The average molecular weight is 647 g/mol. The summed E-state index contributed by atoms with van der Waals surface area (Å²) in [6, 6.07) is 1.39. The van der Waals surface area contributed by atoms with Crippen LogP contribution in [0.5, 0.6) is 0 Å². The van der Waals surface area contributed by atoms with Crippen LogP contribution in [0.2, 0.25) is 10.0 Å². The molecule has 1 aromatic carbocycles. The molecule has 0 saturated carbocycles. The number of halogens is 2. The van der Waals surface area contributed by atoms with Crippen molar-refractivity contribution >= 4 is 57.0 Å². The number of aliphatic carboxylic acids is 1. The van der Waals surface area contributed by atoms with Crippen molar-refractivity contribution in [3.05, 3.63) is 28.2 Å². The fraction of sp³-hybridized carbons (Fsp3) is 0.630. The zero-order valence-corrected chi connectivity index (χ0v) is 25.6. The number of benzene rings is 1. The molecule has 0 radical (unpaired) electrons. The Hall–Kier alpha value is -2.61. The lowest BCUT2D eigenvalue weighted by Crippen LogP contribution is -2.51. The molecule has 3 heterocycles. The molecule has 3 N–H and O–H groups in total. The van der Waals surface area contributed by atoms with Crippen molar-refractivity contribution < 1.29 is 32.7 Å². The first kappa shape index (κ1) is 32.3. The van der Waals surface area contributed by atoms with Crippen LogP contribution < -0.4 is 10.6 Å². The van der Waals surface area contributed by atoms with Gasteiger partial charge in [-0.05, 0) is 69.1 Å². The minimum atomic E-state index is -4.12. The average Bonchev–Trinajstić information content (AvgIpc) is 3.67. The Morgan fingerprint density at radius 3 is 2.17 bits per heavy atom. The number of carbonyl (C=O) groups excluding carboxylic acids is 3. The Bertz CT molecular complexity index is 1260. The third kappa shape index (κ3) is 8.06. The van der Waals surface area contributed by atoms with Crippen LogP contribution in [0, 0.1) is 5.92 Å². The van der Waals surface area contributed by atoms with Crippen molar-refractivity contribution in [2.45, 2.75) is 68.3 Å². The second kappa shape index (κ2) is 14.2. The summed E-state index contributed by atoms with van der Waals surface area (Å²) in [5.74, 6) is -1.99. The quantitative estimate of drug-likeness (QED) is 0.353. The van der Waals surface area contributed by atoms with E-state index in [1.807, 2.05) is 4.90 Å². The normalized spacial score (nSPS) is 20.9. The molecule has 42 heavy (non-hydrogen) atoms. The molecule has 3 saturated heterocycles. The van der Waals surface area contributed by atoms with E-state index in [1.54, 1.807) is 4.90 Å². The van der Waals surface area contributed by atoms with Gasteiger partial charge in [0.05, 0.1) is 4.90 Å². The van der Waals surface area contributed by atoms with Crippen molar-refractivity contribution in [1.29, 1.82) is 0 Å². The number of amides is 4. The number of nitrogens with one attached hydrogen (secondary N) is 2. The Balaban J connectivity index is 1.26. The third-order valence-corrected chi connectivity index (χ3v) is 10.4. The maximum Gasteiger partial charge on any atom is 0.326 e. The molecule has 0 spiro atoms. The highest BCUT2D eigenvalue weighted by Gasteiger charge is 2.41. The fourth-order valence-corrected chi connectivity index (χ4v) is 8.09. The second-order valence-corrected chi connectivity index (χ2v) is 13.8. The molecule has 12 nitrogen and oxygen atoms in total. The van der Waals surface area contributed by atoms with Gasteiger partial charge in [0.2, 0.25) is 21.8 Å². The van der Waals surface area contributed by atoms with E-state index in [4.69, 9.17) is 23.2 Å². The van der Waals surface area contributed by atoms with Crippen LogP contribution in [0.1, 0.15) is 51.4 Å². The summed E-state index contributed by atoms with van der Waals surface area (Å²) < 4.78 is 27.6. The fourth-order valence-electron chi connectivity index (χ4n) is 5.70. The van der Waals surface area contributed by atoms with E-state index in [1.165, 1.54) is 18.2 Å². The summed E-state index contributed by atoms with van der Waals surface area (Å²) in [5.41, 5.74) is 0. The van der Waals surface area contributed by atoms with Crippen LogP contribution in [0.4, 0.5) is 4.79 Å². The van der Waals surface area contributed by atoms with Crippen molar-refractivity contribution in [1.82, 2.24) is 24.7 Å². The second-order valence-electron chi connectivity index (χ2n) is 11.0. The summed E-state index contributed by atoms with van der Waals surface area (Å²) in [6.45, 7) is 3.23. The standard InChI is InChI=1S/C27H37Cl2N5O7S/c28-19-14-20(29)16-21(15-19)42(40,41)34-11-3-4-23(34)25(36)31-22(26(37)38)5-6-24(35)32-12-7-18(8-13-32)17-30-27(39)33-9-1-2-10-33/h14-16,18,22-23H,1-13,17H2,(H,30,39)(H,31,36)(H,37,38)/t22-,23+/m0/s1. The molecule has 0 aliphatic carbocycles. The summed E-state index contributed by atoms with van der Waals surface area (Å²) in [7, 11) is -4.12. The topological polar surface area (TPSA) is 156 Å². The number of nitrogens with zero attached hydrogens (tertiary/aromatic N) is 3. The van der Waals surface area contributed by atoms with E-state index in [9.17, 15) is 32.7 Å². The largest absolute Gasteiger partial charge is 0.480 e. The van der Waals surface area contributed by atoms with Gasteiger partial charge < -0.3 is 25.5 Å². The number of hydrogen-bond acceptors (Lipinski definition) is 6. The molecule has 4 amide bonds. The molecule has 232 valence electrons. The first-order valence-corrected chi connectivity index (χ1v) is 16.5. The molecular weight excluding hydrogens is 609 g/mol. The van der Waals surface area contributed by atoms with Gasteiger partial charge in [0.25, 0.3) is 0 Å². The van der Waals surface area contributed by atoms with Gasteiger partial charge in [-0.1, -0.05) is 23.2 Å². The van der Waals surface area contributed by atoms with E-state index in [0.29, 0.717) is 26.1 Å². The van der Waals surface area contributed by atoms with Crippen LogP contribution in [0.3, 0.4) is 0 Å². The lowest BCUT2D eigenvalue weighted by atomic mass is 9.96. The van der Waals surface area contributed by atoms with E-state index in [-0.39, 0.29) is 58.6 Å². The van der Waals surface area contributed by atoms with Gasteiger partial charge in [0.1, 0.15) is 12.1 Å². The predicted octanol–water partition coefficient (Wildman–Crippen LogP) is 2.54. The Morgan fingerprint density at radius 2 is 1.55 bits per heavy atom. The summed E-state index contributed by atoms with van der Waals surface area (Å²) in [4.78, 5) is 53.4. The van der Waals surface area contributed by atoms with Gasteiger partial charge in [-0.2, -0.15) is 4.31 Å². The number of urea groups is 1. The third-order valence-electron chi connectivity index (χ3n) is 8.11. The van der Waals surface area contributed by atoms with Crippen LogP contribution in [-0.4, -0.2) is 103 Å². The van der Waals surface area contributed by atoms with E-state index in [2.05, 4.69) is 10.6 Å². The smallest absolute Gasteiger partial charge is 0.326 e. The van der Waals surface area contributed by atoms with Gasteiger partial charge >= 0.3 is 12.0 Å². The molecule has 0 aromatic heterocycles.